The normalized spacial score (nSPS) is 10.1. The molecule has 2 N–H and O–H groups in total. The molecule has 1 aromatic heterocycles. The standard InChI is InChI=1S/C13H10ClN3O3/c14-11-7-15-6-10(17-11)13(20)16-9-3-1-8(2-4-9)5-12(18)19/h1-4,6-7H,5H2,(H,16,20)(H,18,19). The van der Waals surface area contributed by atoms with Crippen LogP contribution in [0, 0.1) is 0 Å². The maximum absolute atomic E-state index is 11.9. The van der Waals surface area contributed by atoms with E-state index in [2.05, 4.69) is 15.3 Å². The van der Waals surface area contributed by atoms with Crippen LogP contribution in [-0.2, 0) is 11.2 Å². The summed E-state index contributed by atoms with van der Waals surface area (Å²) < 4.78 is 0. The lowest BCUT2D eigenvalue weighted by atomic mass is 10.1. The molecule has 1 amide bonds. The Bertz CT molecular complexity index is 644. The van der Waals surface area contributed by atoms with Crippen LogP contribution in [0.4, 0.5) is 5.69 Å². The molecule has 0 atom stereocenters. The average Bonchev–Trinajstić information content (AvgIpc) is 2.40. The Morgan fingerprint density at radius 1 is 1.20 bits per heavy atom. The van der Waals surface area contributed by atoms with E-state index in [0.717, 1.165) is 0 Å². The third-order valence-corrected chi connectivity index (χ3v) is 2.59. The molecule has 102 valence electrons. The zero-order valence-electron chi connectivity index (χ0n) is 10.2. The number of carbonyl (C=O) groups excluding carboxylic acids is 1. The van der Waals surface area contributed by atoms with E-state index in [9.17, 15) is 9.59 Å². The highest BCUT2D eigenvalue weighted by Gasteiger charge is 2.09. The van der Waals surface area contributed by atoms with Gasteiger partial charge in [0.25, 0.3) is 5.91 Å². The number of anilines is 1. The van der Waals surface area contributed by atoms with Crippen molar-refractivity contribution >= 4 is 29.2 Å². The van der Waals surface area contributed by atoms with Crippen LogP contribution in [0.1, 0.15) is 16.1 Å². The van der Waals surface area contributed by atoms with Crippen LogP contribution in [0.15, 0.2) is 36.7 Å². The number of aromatic nitrogens is 2. The lowest BCUT2D eigenvalue weighted by Crippen LogP contribution is -2.14. The van der Waals surface area contributed by atoms with Crippen LogP contribution in [-0.4, -0.2) is 27.0 Å². The fraction of sp³-hybridized carbons (Fsp3) is 0.0769. The summed E-state index contributed by atoms with van der Waals surface area (Å²) in [6, 6.07) is 6.50. The minimum Gasteiger partial charge on any atom is -0.481 e. The number of carbonyl (C=O) groups is 2. The Hall–Kier alpha value is -2.47. The van der Waals surface area contributed by atoms with Gasteiger partial charge in [-0.2, -0.15) is 0 Å². The highest BCUT2D eigenvalue weighted by molar-refractivity contribution is 6.29. The molecule has 2 rings (SSSR count). The first-order valence-corrected chi connectivity index (χ1v) is 6.02. The van der Waals surface area contributed by atoms with Crippen molar-refractivity contribution in [3.8, 4) is 0 Å². The molecule has 0 saturated carbocycles. The van der Waals surface area contributed by atoms with Gasteiger partial charge in [-0.1, -0.05) is 23.7 Å². The van der Waals surface area contributed by atoms with Gasteiger partial charge in [0.1, 0.15) is 10.8 Å². The third kappa shape index (κ3) is 3.76. The van der Waals surface area contributed by atoms with Crippen molar-refractivity contribution in [2.45, 2.75) is 6.42 Å². The number of rotatable bonds is 4. The van der Waals surface area contributed by atoms with E-state index in [0.29, 0.717) is 11.3 Å². The summed E-state index contributed by atoms with van der Waals surface area (Å²) in [5.74, 6) is -1.35. The summed E-state index contributed by atoms with van der Waals surface area (Å²) in [5.41, 5.74) is 1.29. The van der Waals surface area contributed by atoms with E-state index in [1.807, 2.05) is 0 Å². The number of benzene rings is 1. The first-order chi connectivity index (χ1) is 9.54. The van der Waals surface area contributed by atoms with Gasteiger partial charge in [-0.25, -0.2) is 4.98 Å². The first kappa shape index (κ1) is 14.0. The summed E-state index contributed by atoms with van der Waals surface area (Å²) >= 11 is 5.65. The van der Waals surface area contributed by atoms with Crippen LogP contribution >= 0.6 is 11.6 Å². The molecule has 0 saturated heterocycles. The molecule has 6 nitrogen and oxygen atoms in total. The number of halogens is 1. The van der Waals surface area contributed by atoms with Crippen molar-refractivity contribution in [3.63, 3.8) is 0 Å². The molecule has 0 aliphatic carbocycles. The molecule has 0 aliphatic heterocycles. The molecule has 1 aromatic carbocycles. The number of nitrogens with zero attached hydrogens (tertiary/aromatic N) is 2. The second kappa shape index (κ2) is 6.12. The maximum Gasteiger partial charge on any atom is 0.307 e. The van der Waals surface area contributed by atoms with Crippen molar-refractivity contribution in [1.82, 2.24) is 9.97 Å². The number of amides is 1. The predicted molar refractivity (Wildman–Crippen MR) is 72.8 cm³/mol. The van der Waals surface area contributed by atoms with Crippen molar-refractivity contribution in [2.75, 3.05) is 5.32 Å². The molecule has 0 aliphatic rings. The summed E-state index contributed by atoms with van der Waals surface area (Å²) in [6.07, 6.45) is 2.58. The van der Waals surface area contributed by atoms with Gasteiger partial charge in [0.2, 0.25) is 0 Å². The summed E-state index contributed by atoms with van der Waals surface area (Å²) in [7, 11) is 0. The second-order valence-electron chi connectivity index (χ2n) is 3.95. The third-order valence-electron chi connectivity index (χ3n) is 2.40. The molecule has 1 heterocycles. The molecule has 7 heteroatoms. The first-order valence-electron chi connectivity index (χ1n) is 5.64. The van der Waals surface area contributed by atoms with E-state index in [-0.39, 0.29) is 17.3 Å². The van der Waals surface area contributed by atoms with Gasteiger partial charge in [0, 0.05) is 5.69 Å². The van der Waals surface area contributed by atoms with E-state index in [4.69, 9.17) is 16.7 Å². The summed E-state index contributed by atoms with van der Waals surface area (Å²) in [6.45, 7) is 0. The zero-order chi connectivity index (χ0) is 14.5. The summed E-state index contributed by atoms with van der Waals surface area (Å²) in [5, 5.41) is 11.4. The van der Waals surface area contributed by atoms with Gasteiger partial charge >= 0.3 is 5.97 Å². The molecule has 20 heavy (non-hydrogen) atoms. The molecule has 0 fully saturated rings. The SMILES string of the molecule is O=C(O)Cc1ccc(NC(=O)c2cncc(Cl)n2)cc1. The Morgan fingerprint density at radius 3 is 2.50 bits per heavy atom. The van der Waals surface area contributed by atoms with Crippen LogP contribution in [0.3, 0.4) is 0 Å². The van der Waals surface area contributed by atoms with Crippen molar-refractivity contribution in [2.24, 2.45) is 0 Å². The smallest absolute Gasteiger partial charge is 0.307 e. The average molecular weight is 292 g/mol. The zero-order valence-corrected chi connectivity index (χ0v) is 11.0. The molecular weight excluding hydrogens is 282 g/mol. The molecule has 2 aromatic rings. The van der Waals surface area contributed by atoms with E-state index >= 15 is 0 Å². The Balaban J connectivity index is 2.06. The van der Waals surface area contributed by atoms with Gasteiger partial charge in [0.05, 0.1) is 18.8 Å². The molecule has 0 radical (unpaired) electrons. The van der Waals surface area contributed by atoms with E-state index < -0.39 is 11.9 Å². The summed E-state index contributed by atoms with van der Waals surface area (Å²) in [4.78, 5) is 30.0. The van der Waals surface area contributed by atoms with E-state index in [1.165, 1.54) is 12.4 Å². The molecule has 0 spiro atoms. The highest BCUT2D eigenvalue weighted by atomic mass is 35.5. The van der Waals surface area contributed by atoms with E-state index in [1.54, 1.807) is 24.3 Å². The Labute approximate surface area is 119 Å². The lowest BCUT2D eigenvalue weighted by molar-refractivity contribution is -0.136. The van der Waals surface area contributed by atoms with Crippen LogP contribution < -0.4 is 5.32 Å². The number of nitrogens with one attached hydrogen (secondary N) is 1. The van der Waals surface area contributed by atoms with Crippen LogP contribution in [0.2, 0.25) is 5.15 Å². The number of aliphatic carboxylic acids is 1. The topological polar surface area (TPSA) is 92.2 Å². The Kier molecular flexibility index (Phi) is 4.27. The maximum atomic E-state index is 11.9. The fourth-order valence-electron chi connectivity index (χ4n) is 1.53. The predicted octanol–water partition coefficient (Wildman–Crippen LogP) is 2.01. The number of carboxylic acid groups (broad SMARTS) is 1. The molecule has 0 unspecified atom stereocenters. The lowest BCUT2D eigenvalue weighted by Gasteiger charge is -2.05. The minimum atomic E-state index is -0.906. The van der Waals surface area contributed by atoms with Gasteiger partial charge in [-0.05, 0) is 17.7 Å². The second-order valence-corrected chi connectivity index (χ2v) is 4.34. The largest absolute Gasteiger partial charge is 0.481 e. The number of carboxylic acids is 1. The Morgan fingerprint density at radius 2 is 1.90 bits per heavy atom. The van der Waals surface area contributed by atoms with Gasteiger partial charge < -0.3 is 10.4 Å². The molecule has 0 bridgehead atoms. The number of hydrogen-bond acceptors (Lipinski definition) is 4. The van der Waals surface area contributed by atoms with Gasteiger partial charge in [-0.15, -0.1) is 0 Å². The van der Waals surface area contributed by atoms with Crippen molar-refractivity contribution < 1.29 is 14.7 Å². The van der Waals surface area contributed by atoms with Crippen molar-refractivity contribution in [1.29, 1.82) is 0 Å². The highest BCUT2D eigenvalue weighted by Crippen LogP contribution is 2.12. The van der Waals surface area contributed by atoms with Gasteiger partial charge in [0.15, 0.2) is 0 Å². The van der Waals surface area contributed by atoms with Gasteiger partial charge in [-0.3, -0.25) is 14.6 Å². The van der Waals surface area contributed by atoms with Crippen LogP contribution in [0.5, 0.6) is 0 Å². The van der Waals surface area contributed by atoms with Crippen molar-refractivity contribution in [3.05, 3.63) is 53.1 Å². The fourth-order valence-corrected chi connectivity index (χ4v) is 1.67. The minimum absolute atomic E-state index is 0.0615. The molecular formula is C13H10ClN3O3. The quantitative estimate of drug-likeness (QED) is 0.899. The van der Waals surface area contributed by atoms with Crippen LogP contribution in [0.25, 0.3) is 0 Å². The number of hydrogen-bond donors (Lipinski definition) is 2. The monoisotopic (exact) mass is 291 g/mol.